The van der Waals surface area contributed by atoms with Crippen LogP contribution in [-0.2, 0) is 0 Å². The summed E-state index contributed by atoms with van der Waals surface area (Å²) in [5.41, 5.74) is 7.87. The molecule has 0 saturated carbocycles. The number of aliphatic hydroxyl groups excluding tert-OH is 1. The standard InChI is InChI=1S/C15H25N3O2/c1-4-17-14(20)11-5-6-13(12(16)9-11)18-10-15(2,3)7-8-19/h5-6,9,18-19H,4,7-8,10,16H2,1-3H3,(H,17,20). The fraction of sp³-hybridized carbons (Fsp3) is 0.533. The van der Waals surface area contributed by atoms with E-state index in [0.29, 0.717) is 24.3 Å². The second kappa shape index (κ2) is 7.14. The summed E-state index contributed by atoms with van der Waals surface area (Å²) in [4.78, 5) is 11.7. The van der Waals surface area contributed by atoms with E-state index in [-0.39, 0.29) is 17.9 Å². The summed E-state index contributed by atoms with van der Waals surface area (Å²) in [6.45, 7) is 7.50. The highest BCUT2D eigenvalue weighted by molar-refractivity contribution is 5.96. The van der Waals surface area contributed by atoms with Gasteiger partial charge in [0.05, 0.1) is 11.4 Å². The molecule has 0 unspecified atom stereocenters. The highest BCUT2D eigenvalue weighted by atomic mass is 16.3. The first-order valence-electron chi connectivity index (χ1n) is 6.92. The van der Waals surface area contributed by atoms with Crippen LogP contribution in [0.4, 0.5) is 11.4 Å². The Balaban J connectivity index is 2.71. The second-order valence-electron chi connectivity index (χ2n) is 5.65. The molecule has 0 atom stereocenters. The van der Waals surface area contributed by atoms with E-state index >= 15 is 0 Å². The first kappa shape index (κ1) is 16.3. The van der Waals surface area contributed by atoms with Crippen molar-refractivity contribution >= 4 is 17.3 Å². The lowest BCUT2D eigenvalue weighted by Gasteiger charge is -2.25. The Morgan fingerprint density at radius 1 is 1.40 bits per heavy atom. The van der Waals surface area contributed by atoms with Gasteiger partial charge in [-0.1, -0.05) is 13.8 Å². The minimum absolute atomic E-state index is 0.0144. The summed E-state index contributed by atoms with van der Waals surface area (Å²) in [5.74, 6) is -0.119. The molecule has 0 heterocycles. The molecule has 1 aromatic carbocycles. The van der Waals surface area contributed by atoms with Gasteiger partial charge in [-0.05, 0) is 37.0 Å². The highest BCUT2D eigenvalue weighted by Crippen LogP contribution is 2.24. The summed E-state index contributed by atoms with van der Waals surface area (Å²) < 4.78 is 0. The number of carbonyl (C=O) groups is 1. The molecule has 0 fully saturated rings. The Hall–Kier alpha value is -1.75. The largest absolute Gasteiger partial charge is 0.397 e. The van der Waals surface area contributed by atoms with E-state index in [1.54, 1.807) is 12.1 Å². The summed E-state index contributed by atoms with van der Waals surface area (Å²) in [7, 11) is 0. The van der Waals surface area contributed by atoms with Crippen molar-refractivity contribution in [3.63, 3.8) is 0 Å². The number of hydrogen-bond donors (Lipinski definition) is 4. The normalized spacial score (nSPS) is 11.2. The Morgan fingerprint density at radius 3 is 2.65 bits per heavy atom. The van der Waals surface area contributed by atoms with E-state index < -0.39 is 0 Å². The van der Waals surface area contributed by atoms with Crippen molar-refractivity contribution in [2.45, 2.75) is 27.2 Å². The van der Waals surface area contributed by atoms with Crippen molar-refractivity contribution in [3.8, 4) is 0 Å². The number of nitrogens with one attached hydrogen (secondary N) is 2. The molecule has 0 aromatic heterocycles. The minimum Gasteiger partial charge on any atom is -0.397 e. The van der Waals surface area contributed by atoms with Crippen molar-refractivity contribution in [2.75, 3.05) is 30.7 Å². The number of nitrogens with two attached hydrogens (primary N) is 1. The first-order valence-corrected chi connectivity index (χ1v) is 6.92. The van der Waals surface area contributed by atoms with E-state index in [1.807, 2.05) is 13.0 Å². The number of amides is 1. The maximum absolute atomic E-state index is 11.7. The van der Waals surface area contributed by atoms with Gasteiger partial charge in [-0.2, -0.15) is 0 Å². The Kier molecular flexibility index (Phi) is 5.82. The SMILES string of the molecule is CCNC(=O)c1ccc(NCC(C)(C)CCO)c(N)c1. The smallest absolute Gasteiger partial charge is 0.251 e. The number of aliphatic hydroxyl groups is 1. The van der Waals surface area contributed by atoms with Crippen molar-refractivity contribution in [2.24, 2.45) is 5.41 Å². The van der Waals surface area contributed by atoms with Crippen molar-refractivity contribution < 1.29 is 9.90 Å². The van der Waals surface area contributed by atoms with Gasteiger partial charge in [-0.3, -0.25) is 4.79 Å². The lowest BCUT2D eigenvalue weighted by molar-refractivity contribution is 0.0956. The summed E-state index contributed by atoms with van der Waals surface area (Å²) in [5, 5.41) is 15.0. The molecule has 0 aliphatic carbocycles. The summed E-state index contributed by atoms with van der Waals surface area (Å²) in [6, 6.07) is 5.24. The Morgan fingerprint density at radius 2 is 2.10 bits per heavy atom. The average Bonchev–Trinajstić information content (AvgIpc) is 2.37. The zero-order valence-electron chi connectivity index (χ0n) is 12.5. The van der Waals surface area contributed by atoms with E-state index in [4.69, 9.17) is 10.8 Å². The molecule has 5 heteroatoms. The Bertz CT molecular complexity index is 458. The lowest BCUT2D eigenvalue weighted by Crippen LogP contribution is -2.25. The highest BCUT2D eigenvalue weighted by Gasteiger charge is 2.17. The van der Waals surface area contributed by atoms with Crippen molar-refractivity contribution in [3.05, 3.63) is 23.8 Å². The molecule has 0 aliphatic rings. The van der Waals surface area contributed by atoms with Crippen LogP contribution in [-0.4, -0.2) is 30.7 Å². The third-order valence-electron chi connectivity index (χ3n) is 3.20. The van der Waals surface area contributed by atoms with Crippen molar-refractivity contribution in [1.29, 1.82) is 0 Å². The zero-order valence-corrected chi connectivity index (χ0v) is 12.5. The number of hydrogen-bond acceptors (Lipinski definition) is 4. The third kappa shape index (κ3) is 4.74. The van der Waals surface area contributed by atoms with Crippen LogP contribution in [0.1, 0.15) is 37.6 Å². The fourth-order valence-electron chi connectivity index (χ4n) is 1.85. The third-order valence-corrected chi connectivity index (χ3v) is 3.20. The molecule has 1 rings (SSSR count). The molecule has 20 heavy (non-hydrogen) atoms. The monoisotopic (exact) mass is 279 g/mol. The number of nitrogen functional groups attached to an aromatic ring is 1. The topological polar surface area (TPSA) is 87.4 Å². The lowest BCUT2D eigenvalue weighted by atomic mass is 9.89. The Labute approximate surface area is 120 Å². The van der Waals surface area contributed by atoms with Crippen LogP contribution in [0.5, 0.6) is 0 Å². The summed E-state index contributed by atoms with van der Waals surface area (Å²) in [6.07, 6.45) is 0.719. The first-order chi connectivity index (χ1) is 9.39. The van der Waals surface area contributed by atoms with Crippen LogP contribution in [0.15, 0.2) is 18.2 Å². The molecular weight excluding hydrogens is 254 g/mol. The van der Waals surface area contributed by atoms with Crippen LogP contribution in [0.25, 0.3) is 0 Å². The quantitative estimate of drug-likeness (QED) is 0.574. The van der Waals surface area contributed by atoms with Crippen LogP contribution in [0.2, 0.25) is 0 Å². The van der Waals surface area contributed by atoms with E-state index in [0.717, 1.165) is 12.1 Å². The maximum atomic E-state index is 11.7. The molecule has 5 nitrogen and oxygen atoms in total. The van der Waals surface area contributed by atoms with Crippen LogP contribution >= 0.6 is 0 Å². The molecule has 1 aromatic rings. The summed E-state index contributed by atoms with van der Waals surface area (Å²) >= 11 is 0. The van der Waals surface area contributed by atoms with Gasteiger partial charge in [0.2, 0.25) is 0 Å². The van der Waals surface area contributed by atoms with Crippen LogP contribution in [0, 0.1) is 5.41 Å². The molecule has 5 N–H and O–H groups in total. The van der Waals surface area contributed by atoms with E-state index in [9.17, 15) is 4.79 Å². The molecular formula is C15H25N3O2. The average molecular weight is 279 g/mol. The number of benzene rings is 1. The van der Waals surface area contributed by atoms with Crippen molar-refractivity contribution in [1.82, 2.24) is 5.32 Å². The van der Waals surface area contributed by atoms with Gasteiger partial charge in [0.25, 0.3) is 5.91 Å². The minimum atomic E-state index is -0.119. The molecule has 0 radical (unpaired) electrons. The molecule has 0 bridgehead atoms. The molecule has 0 saturated heterocycles. The van der Waals surface area contributed by atoms with E-state index in [1.165, 1.54) is 0 Å². The molecule has 1 amide bonds. The predicted molar refractivity (Wildman–Crippen MR) is 82.8 cm³/mol. The molecule has 0 spiro atoms. The van der Waals surface area contributed by atoms with Gasteiger partial charge in [0.15, 0.2) is 0 Å². The van der Waals surface area contributed by atoms with Gasteiger partial charge in [-0.25, -0.2) is 0 Å². The fourth-order valence-corrected chi connectivity index (χ4v) is 1.85. The van der Waals surface area contributed by atoms with Gasteiger partial charge in [0.1, 0.15) is 0 Å². The maximum Gasteiger partial charge on any atom is 0.251 e. The molecule has 0 aliphatic heterocycles. The van der Waals surface area contributed by atoms with Crippen LogP contribution in [0.3, 0.4) is 0 Å². The van der Waals surface area contributed by atoms with Gasteiger partial charge >= 0.3 is 0 Å². The van der Waals surface area contributed by atoms with Crippen LogP contribution < -0.4 is 16.4 Å². The van der Waals surface area contributed by atoms with E-state index in [2.05, 4.69) is 24.5 Å². The zero-order chi connectivity index (χ0) is 15.2. The number of rotatable bonds is 7. The van der Waals surface area contributed by atoms with Gasteiger partial charge in [-0.15, -0.1) is 0 Å². The number of carbonyl (C=O) groups excluding carboxylic acids is 1. The number of anilines is 2. The van der Waals surface area contributed by atoms with Gasteiger partial charge in [0, 0.05) is 25.3 Å². The predicted octanol–water partition coefficient (Wildman–Crippen LogP) is 1.84. The van der Waals surface area contributed by atoms with Gasteiger partial charge < -0.3 is 21.5 Å². The second-order valence-corrected chi connectivity index (χ2v) is 5.65. The molecule has 112 valence electrons.